The van der Waals surface area contributed by atoms with E-state index in [0.29, 0.717) is 5.56 Å². The van der Waals surface area contributed by atoms with Crippen molar-refractivity contribution in [2.45, 2.75) is 46.2 Å². The second-order valence-electron chi connectivity index (χ2n) is 5.50. The van der Waals surface area contributed by atoms with Gasteiger partial charge in [0.05, 0.1) is 19.1 Å². The van der Waals surface area contributed by atoms with Gasteiger partial charge in [0.25, 0.3) is 5.52 Å². The summed E-state index contributed by atoms with van der Waals surface area (Å²) in [5, 5.41) is 8.66. The van der Waals surface area contributed by atoms with Crippen molar-refractivity contribution in [2.75, 3.05) is 6.61 Å². The van der Waals surface area contributed by atoms with Crippen molar-refractivity contribution >= 4 is 13.0 Å². The molecule has 120 valence electrons. The van der Waals surface area contributed by atoms with Gasteiger partial charge >= 0.3 is 7.52 Å². The topological polar surface area (TPSA) is 70.4 Å². The van der Waals surface area contributed by atoms with Gasteiger partial charge in [0.2, 0.25) is 0 Å². The standard InChI is InChI=1S/C16H23N2O3P/c1-13(2)18(14(3)4)22(20,21-12-8-11-17)16(19)15-9-6-5-7-10-15/h5-7,9-10,13-14H,8,12H2,1-4H3. The van der Waals surface area contributed by atoms with Gasteiger partial charge in [-0.1, -0.05) is 30.3 Å². The number of carbonyl (C=O) groups excluding carboxylic acids is 1. The molecule has 0 saturated heterocycles. The highest BCUT2D eigenvalue weighted by atomic mass is 31.2. The van der Waals surface area contributed by atoms with Crippen LogP contribution in [0.4, 0.5) is 0 Å². The van der Waals surface area contributed by atoms with Gasteiger partial charge in [0.1, 0.15) is 0 Å². The average molecular weight is 322 g/mol. The highest BCUT2D eigenvalue weighted by Crippen LogP contribution is 2.55. The number of hydrogen-bond acceptors (Lipinski definition) is 4. The Bertz CT molecular complexity index is 571. The molecule has 0 N–H and O–H groups in total. The largest absolute Gasteiger partial charge is 0.342 e. The van der Waals surface area contributed by atoms with Crippen LogP contribution >= 0.6 is 7.52 Å². The predicted octanol–water partition coefficient (Wildman–Crippen LogP) is 4.07. The lowest BCUT2D eigenvalue weighted by Gasteiger charge is -2.35. The molecule has 22 heavy (non-hydrogen) atoms. The SMILES string of the molecule is CC(C)N(C(C)C)P(=O)(OCCC#N)C(=O)c1ccccc1. The smallest absolute Gasteiger partial charge is 0.311 e. The van der Waals surface area contributed by atoms with E-state index in [1.54, 1.807) is 35.0 Å². The Morgan fingerprint density at radius 2 is 1.77 bits per heavy atom. The Morgan fingerprint density at radius 1 is 1.23 bits per heavy atom. The number of rotatable bonds is 8. The van der Waals surface area contributed by atoms with Crippen molar-refractivity contribution in [1.82, 2.24) is 4.67 Å². The molecule has 0 aromatic heterocycles. The Balaban J connectivity index is 3.24. The van der Waals surface area contributed by atoms with Crippen LogP contribution in [0.1, 0.15) is 44.5 Å². The summed E-state index contributed by atoms with van der Waals surface area (Å²) in [6.07, 6.45) is 0.0933. The fraction of sp³-hybridized carbons (Fsp3) is 0.500. The monoisotopic (exact) mass is 322 g/mol. The van der Waals surface area contributed by atoms with Crippen LogP contribution in [0.5, 0.6) is 0 Å². The molecular weight excluding hydrogens is 299 g/mol. The molecule has 0 bridgehead atoms. The predicted molar refractivity (Wildman–Crippen MR) is 86.7 cm³/mol. The molecule has 5 nitrogen and oxygen atoms in total. The Hall–Kier alpha value is -1.47. The first-order valence-corrected chi connectivity index (χ1v) is 8.92. The Morgan fingerprint density at radius 3 is 2.23 bits per heavy atom. The molecule has 1 aromatic rings. The van der Waals surface area contributed by atoms with Gasteiger partial charge < -0.3 is 4.52 Å². The average Bonchev–Trinajstić information content (AvgIpc) is 2.46. The molecule has 1 unspecified atom stereocenters. The zero-order valence-electron chi connectivity index (χ0n) is 13.5. The lowest BCUT2D eigenvalue weighted by Crippen LogP contribution is -2.37. The van der Waals surface area contributed by atoms with E-state index in [2.05, 4.69) is 0 Å². The third-order valence-electron chi connectivity index (χ3n) is 3.12. The quantitative estimate of drug-likeness (QED) is 0.533. The molecule has 1 rings (SSSR count). The maximum absolute atomic E-state index is 13.4. The van der Waals surface area contributed by atoms with Crippen molar-refractivity contribution in [3.63, 3.8) is 0 Å². The summed E-state index contributed by atoms with van der Waals surface area (Å²) in [7, 11) is -3.74. The molecular formula is C16H23N2O3P. The fourth-order valence-corrected chi connectivity index (χ4v) is 4.88. The molecule has 0 fully saturated rings. The molecule has 0 heterocycles. The molecule has 0 aliphatic carbocycles. The van der Waals surface area contributed by atoms with E-state index in [1.165, 1.54) is 0 Å². The number of carbonyl (C=O) groups is 1. The van der Waals surface area contributed by atoms with E-state index in [1.807, 2.05) is 33.8 Å². The molecule has 0 amide bonds. The summed E-state index contributed by atoms with van der Waals surface area (Å²) in [5.41, 5.74) is -0.164. The van der Waals surface area contributed by atoms with Crippen LogP contribution in [-0.4, -0.2) is 28.9 Å². The number of hydrogen-bond donors (Lipinski definition) is 0. The number of nitriles is 1. The van der Waals surface area contributed by atoms with Gasteiger partial charge in [-0.15, -0.1) is 0 Å². The highest BCUT2D eigenvalue weighted by molar-refractivity contribution is 7.74. The Kier molecular flexibility index (Phi) is 6.96. The van der Waals surface area contributed by atoms with Gasteiger partial charge in [-0.3, -0.25) is 9.36 Å². The van der Waals surface area contributed by atoms with Crippen molar-refractivity contribution in [1.29, 1.82) is 5.26 Å². The molecule has 0 spiro atoms. The number of nitrogens with zero attached hydrogens (tertiary/aromatic N) is 2. The Labute approximate surface area is 132 Å². The van der Waals surface area contributed by atoms with E-state index in [4.69, 9.17) is 9.79 Å². The van der Waals surface area contributed by atoms with Crippen LogP contribution < -0.4 is 0 Å². The summed E-state index contributed by atoms with van der Waals surface area (Å²) in [6.45, 7) is 7.47. The van der Waals surface area contributed by atoms with Crippen LogP contribution in [-0.2, 0) is 9.09 Å². The highest BCUT2D eigenvalue weighted by Gasteiger charge is 2.43. The molecule has 6 heteroatoms. The zero-order valence-corrected chi connectivity index (χ0v) is 14.4. The van der Waals surface area contributed by atoms with Crippen molar-refractivity contribution < 1.29 is 13.9 Å². The summed E-state index contributed by atoms with van der Waals surface area (Å²) in [5.74, 6) is 0. The van der Waals surface area contributed by atoms with Gasteiger partial charge in [0, 0.05) is 17.6 Å². The fourth-order valence-electron chi connectivity index (χ4n) is 2.39. The van der Waals surface area contributed by atoms with Crippen molar-refractivity contribution in [2.24, 2.45) is 0 Å². The second-order valence-corrected chi connectivity index (χ2v) is 7.67. The van der Waals surface area contributed by atoms with Crippen molar-refractivity contribution in [3.05, 3.63) is 35.9 Å². The molecule has 0 radical (unpaired) electrons. The van der Waals surface area contributed by atoms with Gasteiger partial charge in [-0.05, 0) is 27.7 Å². The summed E-state index contributed by atoms with van der Waals surface area (Å²) < 4.78 is 20.5. The van der Waals surface area contributed by atoms with E-state index < -0.39 is 13.0 Å². The third kappa shape index (κ3) is 4.27. The second kappa shape index (κ2) is 8.24. The minimum Gasteiger partial charge on any atom is -0.311 e. The van der Waals surface area contributed by atoms with Crippen LogP contribution in [0, 0.1) is 11.3 Å². The third-order valence-corrected chi connectivity index (χ3v) is 5.96. The normalized spacial score (nSPS) is 14.1. The maximum Gasteiger partial charge on any atom is 0.342 e. The molecule has 0 saturated carbocycles. The first-order chi connectivity index (χ1) is 10.3. The van der Waals surface area contributed by atoms with E-state index in [-0.39, 0.29) is 25.1 Å². The van der Waals surface area contributed by atoms with Gasteiger partial charge in [0.15, 0.2) is 0 Å². The van der Waals surface area contributed by atoms with Crippen LogP contribution in [0.3, 0.4) is 0 Å². The van der Waals surface area contributed by atoms with E-state index in [0.717, 1.165) is 0 Å². The first kappa shape index (κ1) is 18.6. The van der Waals surface area contributed by atoms with E-state index in [9.17, 15) is 9.36 Å². The van der Waals surface area contributed by atoms with Crippen LogP contribution in [0.25, 0.3) is 0 Å². The van der Waals surface area contributed by atoms with E-state index >= 15 is 0 Å². The summed E-state index contributed by atoms with van der Waals surface area (Å²) in [4.78, 5) is 12.8. The zero-order chi connectivity index (χ0) is 16.8. The van der Waals surface area contributed by atoms with Gasteiger partial charge in [-0.25, -0.2) is 4.67 Å². The maximum atomic E-state index is 13.4. The minimum absolute atomic E-state index is 0.0255. The summed E-state index contributed by atoms with van der Waals surface area (Å²) in [6, 6.07) is 10.2. The molecule has 1 aromatic carbocycles. The molecule has 0 aliphatic heterocycles. The van der Waals surface area contributed by atoms with Crippen LogP contribution in [0.2, 0.25) is 0 Å². The van der Waals surface area contributed by atoms with Crippen LogP contribution in [0.15, 0.2) is 30.3 Å². The first-order valence-electron chi connectivity index (χ1n) is 7.35. The summed E-state index contributed by atoms with van der Waals surface area (Å²) >= 11 is 0. The number of benzene rings is 1. The molecule has 1 atom stereocenters. The minimum atomic E-state index is -3.74. The lowest BCUT2D eigenvalue weighted by molar-refractivity contribution is 0.101. The molecule has 0 aliphatic rings. The lowest BCUT2D eigenvalue weighted by atomic mass is 10.2. The van der Waals surface area contributed by atoms with Gasteiger partial charge in [-0.2, -0.15) is 5.26 Å². The van der Waals surface area contributed by atoms with Crippen molar-refractivity contribution in [3.8, 4) is 6.07 Å².